The van der Waals surface area contributed by atoms with Gasteiger partial charge in [0.15, 0.2) is 11.5 Å². The van der Waals surface area contributed by atoms with Crippen LogP contribution < -0.4 is 19.9 Å². The zero-order chi connectivity index (χ0) is 17.7. The van der Waals surface area contributed by atoms with E-state index in [2.05, 4.69) is 0 Å². The van der Waals surface area contributed by atoms with E-state index >= 15 is 0 Å². The van der Waals surface area contributed by atoms with E-state index in [-0.39, 0.29) is 6.42 Å². The molecular weight excluding hydrogens is 310 g/mol. The van der Waals surface area contributed by atoms with Crippen molar-refractivity contribution in [1.82, 2.24) is 0 Å². The van der Waals surface area contributed by atoms with Crippen molar-refractivity contribution in [2.24, 2.45) is 5.73 Å². The van der Waals surface area contributed by atoms with Gasteiger partial charge in [-0.3, -0.25) is 4.79 Å². The lowest BCUT2D eigenvalue weighted by molar-refractivity contribution is -0.138. The van der Waals surface area contributed by atoms with Gasteiger partial charge in [-0.2, -0.15) is 0 Å². The number of ether oxygens (including phenoxy) is 3. The van der Waals surface area contributed by atoms with E-state index in [1.807, 2.05) is 30.3 Å². The van der Waals surface area contributed by atoms with Crippen LogP contribution in [0.3, 0.4) is 0 Å². The number of rotatable bonds is 7. The molecule has 0 radical (unpaired) electrons. The summed E-state index contributed by atoms with van der Waals surface area (Å²) < 4.78 is 16.2. The van der Waals surface area contributed by atoms with E-state index < -0.39 is 12.0 Å². The van der Waals surface area contributed by atoms with Crippen molar-refractivity contribution in [3.8, 4) is 28.4 Å². The number of benzene rings is 2. The Balaban J connectivity index is 2.47. The monoisotopic (exact) mass is 331 g/mol. The highest BCUT2D eigenvalue weighted by Gasteiger charge is 2.18. The van der Waals surface area contributed by atoms with Crippen LogP contribution in [0.4, 0.5) is 0 Å². The Bertz CT molecular complexity index is 729. The molecule has 2 aromatic carbocycles. The molecule has 1 atom stereocenters. The van der Waals surface area contributed by atoms with Crippen molar-refractivity contribution in [2.45, 2.75) is 12.5 Å². The molecule has 0 bridgehead atoms. The molecule has 2 aromatic rings. The van der Waals surface area contributed by atoms with Crippen LogP contribution in [0.1, 0.15) is 5.56 Å². The van der Waals surface area contributed by atoms with Gasteiger partial charge in [-0.05, 0) is 29.7 Å². The van der Waals surface area contributed by atoms with E-state index in [0.717, 1.165) is 16.7 Å². The number of hydrogen-bond acceptors (Lipinski definition) is 5. The summed E-state index contributed by atoms with van der Waals surface area (Å²) in [6, 6.07) is 10.2. The summed E-state index contributed by atoms with van der Waals surface area (Å²) in [6.45, 7) is 0. The van der Waals surface area contributed by atoms with Crippen molar-refractivity contribution < 1.29 is 24.1 Å². The topological polar surface area (TPSA) is 91.0 Å². The summed E-state index contributed by atoms with van der Waals surface area (Å²) >= 11 is 0. The van der Waals surface area contributed by atoms with Crippen LogP contribution in [-0.4, -0.2) is 38.4 Å². The Labute approximate surface area is 140 Å². The lowest BCUT2D eigenvalue weighted by Gasteiger charge is -2.16. The van der Waals surface area contributed by atoms with Gasteiger partial charge in [0.25, 0.3) is 0 Å². The normalized spacial score (nSPS) is 11.7. The highest BCUT2D eigenvalue weighted by atomic mass is 16.5. The van der Waals surface area contributed by atoms with E-state index in [9.17, 15) is 4.79 Å². The quantitative estimate of drug-likeness (QED) is 0.809. The first kappa shape index (κ1) is 17.6. The van der Waals surface area contributed by atoms with Gasteiger partial charge in [0, 0.05) is 5.56 Å². The fraction of sp³-hybridized carbons (Fsp3) is 0.278. The second-order valence-corrected chi connectivity index (χ2v) is 5.23. The van der Waals surface area contributed by atoms with E-state index in [0.29, 0.717) is 17.2 Å². The molecule has 0 aliphatic rings. The standard InChI is InChI=1S/C18H21NO5/c1-22-15-8-7-13(16(23-2)17(15)24-3)12-6-4-5-11(9-12)10-14(19)18(20)21/h4-9,14H,10,19H2,1-3H3,(H,20,21)/t14-/m0/s1. The molecule has 0 heterocycles. The zero-order valence-electron chi connectivity index (χ0n) is 13.9. The minimum absolute atomic E-state index is 0.249. The summed E-state index contributed by atoms with van der Waals surface area (Å²) in [5.41, 5.74) is 8.15. The maximum Gasteiger partial charge on any atom is 0.320 e. The number of aliphatic carboxylic acids is 1. The van der Waals surface area contributed by atoms with Crippen LogP contribution in [0.2, 0.25) is 0 Å². The Morgan fingerprint density at radius 1 is 1.08 bits per heavy atom. The summed E-state index contributed by atoms with van der Waals surface area (Å²) in [7, 11) is 4.67. The van der Waals surface area contributed by atoms with E-state index in [4.69, 9.17) is 25.1 Å². The van der Waals surface area contributed by atoms with Crippen LogP contribution in [0.25, 0.3) is 11.1 Å². The number of nitrogens with two attached hydrogens (primary N) is 1. The van der Waals surface area contributed by atoms with Crippen molar-refractivity contribution >= 4 is 5.97 Å². The second kappa shape index (κ2) is 7.70. The molecule has 6 heteroatoms. The number of carbonyl (C=O) groups is 1. The average molecular weight is 331 g/mol. The summed E-state index contributed by atoms with van der Waals surface area (Å²) in [5.74, 6) is 0.605. The molecule has 0 saturated heterocycles. The molecule has 0 aromatic heterocycles. The van der Waals surface area contributed by atoms with Crippen molar-refractivity contribution in [1.29, 1.82) is 0 Å². The van der Waals surface area contributed by atoms with Gasteiger partial charge in [0.1, 0.15) is 6.04 Å². The molecule has 0 spiro atoms. The fourth-order valence-electron chi connectivity index (χ4n) is 2.54. The highest BCUT2D eigenvalue weighted by Crippen LogP contribution is 2.44. The van der Waals surface area contributed by atoms with Gasteiger partial charge in [-0.15, -0.1) is 0 Å². The van der Waals surface area contributed by atoms with E-state index in [1.54, 1.807) is 27.4 Å². The predicted octanol–water partition coefficient (Wildman–Crippen LogP) is 2.33. The van der Waals surface area contributed by atoms with Gasteiger partial charge in [0.05, 0.1) is 21.3 Å². The van der Waals surface area contributed by atoms with Crippen LogP contribution >= 0.6 is 0 Å². The molecule has 3 N–H and O–H groups in total. The van der Waals surface area contributed by atoms with Gasteiger partial charge >= 0.3 is 5.97 Å². The minimum atomic E-state index is -1.02. The first-order valence-electron chi connectivity index (χ1n) is 7.38. The summed E-state index contributed by atoms with van der Waals surface area (Å²) in [5, 5.41) is 8.96. The fourth-order valence-corrected chi connectivity index (χ4v) is 2.54. The molecule has 0 aliphatic carbocycles. The molecule has 6 nitrogen and oxygen atoms in total. The molecule has 128 valence electrons. The van der Waals surface area contributed by atoms with Gasteiger partial charge in [0.2, 0.25) is 5.75 Å². The molecule has 0 saturated carbocycles. The van der Waals surface area contributed by atoms with Crippen LogP contribution in [0.15, 0.2) is 36.4 Å². The third kappa shape index (κ3) is 3.60. The molecule has 0 amide bonds. The van der Waals surface area contributed by atoms with Crippen molar-refractivity contribution in [3.63, 3.8) is 0 Å². The maximum atomic E-state index is 10.9. The molecule has 2 rings (SSSR count). The zero-order valence-corrected chi connectivity index (χ0v) is 13.9. The smallest absolute Gasteiger partial charge is 0.320 e. The van der Waals surface area contributed by atoms with Crippen LogP contribution in [0, 0.1) is 0 Å². The van der Waals surface area contributed by atoms with Gasteiger partial charge < -0.3 is 25.1 Å². The molecular formula is C18H21NO5. The Kier molecular flexibility index (Phi) is 5.65. The lowest BCUT2D eigenvalue weighted by Crippen LogP contribution is -2.32. The number of carboxylic acids is 1. The Morgan fingerprint density at radius 3 is 2.38 bits per heavy atom. The van der Waals surface area contributed by atoms with Gasteiger partial charge in [-0.25, -0.2) is 0 Å². The van der Waals surface area contributed by atoms with E-state index in [1.165, 1.54) is 0 Å². The third-order valence-corrected chi connectivity index (χ3v) is 3.71. The third-order valence-electron chi connectivity index (χ3n) is 3.71. The molecule has 0 aliphatic heterocycles. The Hall–Kier alpha value is -2.73. The largest absolute Gasteiger partial charge is 0.493 e. The summed E-state index contributed by atoms with van der Waals surface area (Å²) in [6.07, 6.45) is 0.249. The predicted molar refractivity (Wildman–Crippen MR) is 90.8 cm³/mol. The Morgan fingerprint density at radius 2 is 1.79 bits per heavy atom. The second-order valence-electron chi connectivity index (χ2n) is 5.23. The van der Waals surface area contributed by atoms with Gasteiger partial charge in [-0.1, -0.05) is 24.3 Å². The minimum Gasteiger partial charge on any atom is -0.493 e. The SMILES string of the molecule is COc1ccc(-c2cccc(C[C@H](N)C(=O)O)c2)c(OC)c1OC. The average Bonchev–Trinajstić information content (AvgIpc) is 2.60. The van der Waals surface area contributed by atoms with Crippen molar-refractivity contribution in [2.75, 3.05) is 21.3 Å². The molecule has 0 unspecified atom stereocenters. The molecule has 24 heavy (non-hydrogen) atoms. The lowest BCUT2D eigenvalue weighted by atomic mass is 9.98. The number of methoxy groups -OCH3 is 3. The summed E-state index contributed by atoms with van der Waals surface area (Å²) in [4.78, 5) is 10.9. The highest BCUT2D eigenvalue weighted by molar-refractivity contribution is 5.77. The number of carboxylic acid groups (broad SMARTS) is 1. The van der Waals surface area contributed by atoms with Crippen LogP contribution in [0.5, 0.6) is 17.2 Å². The van der Waals surface area contributed by atoms with Crippen molar-refractivity contribution in [3.05, 3.63) is 42.0 Å². The maximum absolute atomic E-state index is 10.9. The molecule has 0 fully saturated rings. The first-order valence-corrected chi connectivity index (χ1v) is 7.38. The first-order chi connectivity index (χ1) is 11.5. The number of hydrogen-bond donors (Lipinski definition) is 2. The van der Waals surface area contributed by atoms with Crippen LogP contribution in [-0.2, 0) is 11.2 Å².